The van der Waals surface area contributed by atoms with Gasteiger partial charge in [0, 0.05) is 5.02 Å². The zero-order valence-electron chi connectivity index (χ0n) is 10.5. The summed E-state index contributed by atoms with van der Waals surface area (Å²) >= 11 is 5.84. The Morgan fingerprint density at radius 1 is 1.47 bits per heavy atom. The monoisotopic (exact) mass is 282 g/mol. The molecule has 1 aliphatic rings. The van der Waals surface area contributed by atoms with Gasteiger partial charge in [-0.1, -0.05) is 11.6 Å². The average Bonchev–Trinajstić information content (AvgIpc) is 2.85. The molecule has 0 aromatic heterocycles. The molecule has 1 aliphatic heterocycles. The molecule has 1 aromatic rings. The molecule has 19 heavy (non-hydrogen) atoms. The molecule has 0 aliphatic carbocycles. The number of aromatic carboxylic acids is 1. The summed E-state index contributed by atoms with van der Waals surface area (Å²) in [7, 11) is 0. The van der Waals surface area contributed by atoms with Crippen LogP contribution in [0.5, 0.6) is 0 Å². The predicted octanol–water partition coefficient (Wildman–Crippen LogP) is 2.04. The van der Waals surface area contributed by atoms with Gasteiger partial charge < -0.3 is 15.7 Å². The average molecular weight is 283 g/mol. The number of hydrogen-bond donors (Lipinski definition) is 3. The molecule has 0 radical (unpaired) electrons. The molecule has 102 valence electrons. The Labute approximate surface area is 116 Å². The minimum absolute atomic E-state index is 0.0105. The highest BCUT2D eigenvalue weighted by Crippen LogP contribution is 2.26. The van der Waals surface area contributed by atoms with Gasteiger partial charge in [-0.3, -0.25) is 4.79 Å². The second-order valence-corrected chi connectivity index (χ2v) is 5.03. The van der Waals surface area contributed by atoms with Gasteiger partial charge >= 0.3 is 5.97 Å². The van der Waals surface area contributed by atoms with Gasteiger partial charge in [0.05, 0.1) is 17.3 Å². The number of amides is 1. The van der Waals surface area contributed by atoms with Crippen LogP contribution in [0.25, 0.3) is 0 Å². The number of halogens is 1. The van der Waals surface area contributed by atoms with Gasteiger partial charge in [0.15, 0.2) is 0 Å². The van der Waals surface area contributed by atoms with Crippen molar-refractivity contribution in [2.75, 3.05) is 11.9 Å². The van der Waals surface area contributed by atoms with Crippen molar-refractivity contribution in [3.63, 3.8) is 0 Å². The van der Waals surface area contributed by atoms with Crippen molar-refractivity contribution < 1.29 is 14.7 Å². The van der Waals surface area contributed by atoms with E-state index in [1.54, 1.807) is 13.0 Å². The number of hydrogen-bond acceptors (Lipinski definition) is 3. The Hall–Kier alpha value is -1.59. The zero-order chi connectivity index (χ0) is 14.0. The number of aryl methyl sites for hydroxylation is 1. The summed E-state index contributed by atoms with van der Waals surface area (Å²) in [5.74, 6) is -1.31. The van der Waals surface area contributed by atoms with Crippen LogP contribution in [0.4, 0.5) is 5.69 Å². The topological polar surface area (TPSA) is 78.4 Å². The van der Waals surface area contributed by atoms with Crippen LogP contribution >= 0.6 is 11.6 Å². The smallest absolute Gasteiger partial charge is 0.337 e. The lowest BCUT2D eigenvalue weighted by Gasteiger charge is -2.15. The Morgan fingerprint density at radius 2 is 2.21 bits per heavy atom. The quantitative estimate of drug-likeness (QED) is 0.793. The van der Waals surface area contributed by atoms with E-state index < -0.39 is 5.97 Å². The van der Waals surface area contributed by atoms with E-state index in [2.05, 4.69) is 10.6 Å². The van der Waals surface area contributed by atoms with Crippen molar-refractivity contribution >= 4 is 29.2 Å². The third kappa shape index (κ3) is 3.05. The van der Waals surface area contributed by atoms with Crippen molar-refractivity contribution in [3.05, 3.63) is 28.3 Å². The Morgan fingerprint density at radius 3 is 2.79 bits per heavy atom. The number of carbonyl (C=O) groups is 2. The van der Waals surface area contributed by atoms with Crippen LogP contribution in [0.1, 0.15) is 28.8 Å². The molecule has 1 atom stereocenters. The van der Waals surface area contributed by atoms with E-state index in [0.717, 1.165) is 19.4 Å². The van der Waals surface area contributed by atoms with E-state index in [1.807, 2.05) is 0 Å². The van der Waals surface area contributed by atoms with Gasteiger partial charge in [0.1, 0.15) is 0 Å². The lowest BCUT2D eigenvalue weighted by molar-refractivity contribution is -0.117. The van der Waals surface area contributed by atoms with E-state index in [4.69, 9.17) is 16.7 Å². The molecule has 1 saturated heterocycles. The fourth-order valence-corrected chi connectivity index (χ4v) is 2.47. The molecule has 1 aromatic carbocycles. The molecule has 0 spiro atoms. The highest BCUT2D eigenvalue weighted by atomic mass is 35.5. The van der Waals surface area contributed by atoms with E-state index in [0.29, 0.717) is 16.3 Å². The van der Waals surface area contributed by atoms with Crippen LogP contribution in [0.2, 0.25) is 5.02 Å². The van der Waals surface area contributed by atoms with Crippen LogP contribution in [-0.4, -0.2) is 29.6 Å². The molecule has 3 N–H and O–H groups in total. The molecule has 0 bridgehead atoms. The maximum atomic E-state index is 12.0. The van der Waals surface area contributed by atoms with Crippen LogP contribution in [0.3, 0.4) is 0 Å². The second-order valence-electron chi connectivity index (χ2n) is 4.59. The van der Waals surface area contributed by atoms with Gasteiger partial charge in [-0.25, -0.2) is 4.79 Å². The molecule has 0 saturated carbocycles. The summed E-state index contributed by atoms with van der Waals surface area (Å²) in [6.45, 7) is 2.53. The van der Waals surface area contributed by atoms with E-state index in [-0.39, 0.29) is 17.5 Å². The molecule has 5 nitrogen and oxygen atoms in total. The normalized spacial score (nSPS) is 18.3. The zero-order valence-corrected chi connectivity index (χ0v) is 11.3. The first-order chi connectivity index (χ1) is 8.99. The van der Waals surface area contributed by atoms with Crippen LogP contribution in [0.15, 0.2) is 12.1 Å². The number of carboxylic acids is 1. The van der Waals surface area contributed by atoms with Gasteiger partial charge in [0.2, 0.25) is 5.91 Å². The number of nitrogens with one attached hydrogen (secondary N) is 2. The molecule has 6 heteroatoms. The van der Waals surface area contributed by atoms with Gasteiger partial charge in [0.25, 0.3) is 0 Å². The Balaban J connectivity index is 2.28. The van der Waals surface area contributed by atoms with Crippen molar-refractivity contribution in [1.29, 1.82) is 0 Å². The summed E-state index contributed by atoms with van der Waals surface area (Å²) < 4.78 is 0. The first-order valence-corrected chi connectivity index (χ1v) is 6.44. The third-order valence-corrected chi connectivity index (χ3v) is 3.37. The van der Waals surface area contributed by atoms with Gasteiger partial charge in [-0.05, 0) is 44.0 Å². The molecule has 2 rings (SSSR count). The fraction of sp³-hybridized carbons (Fsp3) is 0.385. The highest BCUT2D eigenvalue weighted by Gasteiger charge is 2.24. The van der Waals surface area contributed by atoms with Gasteiger partial charge in [-0.15, -0.1) is 0 Å². The summed E-state index contributed by atoms with van der Waals surface area (Å²) in [5, 5.41) is 15.3. The van der Waals surface area contributed by atoms with Crippen LogP contribution in [0, 0.1) is 6.92 Å². The number of benzene rings is 1. The van der Waals surface area contributed by atoms with Crippen molar-refractivity contribution in [1.82, 2.24) is 5.32 Å². The summed E-state index contributed by atoms with van der Waals surface area (Å²) in [4.78, 5) is 23.2. The summed E-state index contributed by atoms with van der Waals surface area (Å²) in [6.07, 6.45) is 1.71. The van der Waals surface area contributed by atoms with E-state index in [1.165, 1.54) is 6.07 Å². The van der Waals surface area contributed by atoms with Crippen molar-refractivity contribution in [2.24, 2.45) is 0 Å². The van der Waals surface area contributed by atoms with Crippen LogP contribution in [-0.2, 0) is 4.79 Å². The lowest BCUT2D eigenvalue weighted by atomic mass is 10.1. The number of carbonyl (C=O) groups excluding carboxylic acids is 1. The molecule has 0 unspecified atom stereocenters. The third-order valence-electron chi connectivity index (χ3n) is 3.16. The molecule has 1 fully saturated rings. The largest absolute Gasteiger partial charge is 0.478 e. The van der Waals surface area contributed by atoms with Crippen LogP contribution < -0.4 is 10.6 Å². The minimum atomic E-state index is -1.11. The van der Waals surface area contributed by atoms with Crippen molar-refractivity contribution in [3.8, 4) is 0 Å². The van der Waals surface area contributed by atoms with E-state index >= 15 is 0 Å². The van der Waals surface area contributed by atoms with E-state index in [9.17, 15) is 9.59 Å². The van der Waals surface area contributed by atoms with Gasteiger partial charge in [-0.2, -0.15) is 0 Å². The highest BCUT2D eigenvalue weighted by molar-refractivity contribution is 6.31. The summed E-state index contributed by atoms with van der Waals surface area (Å²) in [5.41, 5.74) is 0.961. The SMILES string of the molecule is Cc1cc(Cl)cc(C(=O)O)c1NC(=O)[C@@H]1CCCN1. The predicted molar refractivity (Wildman–Crippen MR) is 72.8 cm³/mol. The standard InChI is InChI=1S/C13H15ClN2O3/c1-7-5-8(14)6-9(13(18)19)11(7)16-12(17)10-3-2-4-15-10/h5-6,10,15H,2-4H2,1H3,(H,16,17)(H,18,19)/t10-/m0/s1. The Bertz CT molecular complexity index is 525. The Kier molecular flexibility index (Phi) is 4.07. The minimum Gasteiger partial charge on any atom is -0.478 e. The number of rotatable bonds is 3. The molecular weight excluding hydrogens is 268 g/mol. The first kappa shape index (κ1) is 13.8. The molecule has 1 heterocycles. The first-order valence-electron chi connectivity index (χ1n) is 6.06. The fourth-order valence-electron chi connectivity index (χ4n) is 2.20. The lowest BCUT2D eigenvalue weighted by Crippen LogP contribution is -2.36. The maximum Gasteiger partial charge on any atom is 0.337 e. The maximum absolute atomic E-state index is 12.0. The molecular formula is C13H15ClN2O3. The number of carboxylic acid groups (broad SMARTS) is 1. The number of anilines is 1. The second kappa shape index (κ2) is 5.59. The summed E-state index contributed by atoms with van der Waals surface area (Å²) in [6, 6.07) is 2.72. The molecule has 1 amide bonds. The van der Waals surface area contributed by atoms with Crippen molar-refractivity contribution in [2.45, 2.75) is 25.8 Å².